The first-order chi connectivity index (χ1) is 18.8. The Balaban J connectivity index is 1.77. The average molecular weight is 547 g/mol. The molecule has 6 heteroatoms. The van der Waals surface area contributed by atoms with Gasteiger partial charge in [0.05, 0.1) is 6.42 Å². The van der Waals surface area contributed by atoms with Crippen LogP contribution in [0.1, 0.15) is 70.2 Å². The van der Waals surface area contributed by atoms with Crippen LogP contribution >= 0.6 is 0 Å². The fraction of sp³-hybridized carbons (Fsp3) is 0.412. The molecule has 0 saturated heterocycles. The molecule has 0 fully saturated rings. The van der Waals surface area contributed by atoms with Gasteiger partial charge in [-0.15, -0.1) is 0 Å². The van der Waals surface area contributed by atoms with Crippen LogP contribution in [-0.2, 0) is 44.9 Å². The minimum atomic E-state index is -0.552. The van der Waals surface area contributed by atoms with E-state index in [1.54, 1.807) is 0 Å². The van der Waals surface area contributed by atoms with Gasteiger partial charge in [-0.2, -0.15) is 0 Å². The summed E-state index contributed by atoms with van der Waals surface area (Å²) in [6, 6.07) is 21.8. The van der Waals surface area contributed by atoms with Crippen LogP contribution in [0.25, 0.3) is 11.1 Å². The molecule has 0 spiro atoms. The minimum Gasteiger partial charge on any atom is -0.489 e. The van der Waals surface area contributed by atoms with Gasteiger partial charge in [0.1, 0.15) is 23.6 Å². The van der Waals surface area contributed by atoms with Crippen LogP contribution in [-0.4, -0.2) is 34.9 Å². The van der Waals surface area contributed by atoms with Gasteiger partial charge in [-0.1, -0.05) is 54.6 Å². The second kappa shape index (κ2) is 13.6. The molecule has 6 nitrogen and oxygen atoms in total. The van der Waals surface area contributed by atoms with Crippen LogP contribution in [0.3, 0.4) is 0 Å². The lowest BCUT2D eigenvalue weighted by atomic mass is 9.96. The zero-order valence-electron chi connectivity index (χ0n) is 24.6. The van der Waals surface area contributed by atoms with Crippen molar-refractivity contribution in [1.29, 1.82) is 0 Å². The summed E-state index contributed by atoms with van der Waals surface area (Å²) in [4.78, 5) is 24.6. The van der Waals surface area contributed by atoms with E-state index >= 15 is 0 Å². The van der Waals surface area contributed by atoms with Crippen molar-refractivity contribution in [3.8, 4) is 16.9 Å². The topological polar surface area (TPSA) is 82.1 Å². The normalized spacial score (nSPS) is 11.7. The lowest BCUT2D eigenvalue weighted by molar-refractivity contribution is -0.155. The number of esters is 2. The highest BCUT2D eigenvalue weighted by Gasteiger charge is 2.18. The minimum absolute atomic E-state index is 0.0401. The number of carbonyl (C=O) groups is 2. The lowest BCUT2D eigenvalue weighted by Crippen LogP contribution is -2.25. The fourth-order valence-electron chi connectivity index (χ4n) is 4.32. The summed E-state index contributed by atoms with van der Waals surface area (Å²) in [6.07, 6.45) is 1.55. The molecule has 0 atom stereocenters. The maximum Gasteiger partial charge on any atom is 0.310 e. The van der Waals surface area contributed by atoms with Crippen LogP contribution in [0.5, 0.6) is 5.75 Å². The molecule has 214 valence electrons. The van der Waals surface area contributed by atoms with Gasteiger partial charge in [0.15, 0.2) is 0 Å². The summed E-state index contributed by atoms with van der Waals surface area (Å²) in [5.41, 5.74) is 4.74. The molecule has 3 aromatic rings. The van der Waals surface area contributed by atoms with E-state index in [9.17, 15) is 14.7 Å². The number of carbonyl (C=O) groups excluding carboxylic acids is 2. The van der Waals surface area contributed by atoms with Crippen LogP contribution in [0.15, 0.2) is 66.7 Å². The molecule has 0 aromatic heterocycles. The van der Waals surface area contributed by atoms with Crippen LogP contribution in [0, 0.1) is 0 Å². The quantitative estimate of drug-likeness (QED) is 0.272. The van der Waals surface area contributed by atoms with Crippen LogP contribution < -0.4 is 4.74 Å². The summed E-state index contributed by atoms with van der Waals surface area (Å²) in [5, 5.41) is 9.61. The third kappa shape index (κ3) is 10.5. The van der Waals surface area contributed by atoms with Gasteiger partial charge >= 0.3 is 11.9 Å². The molecular formula is C34H42O6. The Morgan fingerprint density at radius 2 is 1.35 bits per heavy atom. The average Bonchev–Trinajstić information content (AvgIpc) is 2.85. The molecular weight excluding hydrogens is 504 g/mol. The number of hydrogen-bond donors (Lipinski definition) is 1. The summed E-state index contributed by atoms with van der Waals surface area (Å²) in [6.45, 7) is 11.5. The predicted octanol–water partition coefficient (Wildman–Crippen LogP) is 6.63. The molecule has 0 saturated carbocycles. The molecule has 0 aliphatic rings. The van der Waals surface area contributed by atoms with Crippen molar-refractivity contribution < 1.29 is 28.9 Å². The van der Waals surface area contributed by atoms with Crippen LogP contribution in [0.2, 0.25) is 0 Å². The number of benzene rings is 3. The number of ether oxygens (including phenoxy) is 3. The number of aliphatic hydroxyl groups excluding tert-OH is 1. The zero-order valence-corrected chi connectivity index (χ0v) is 24.6. The molecule has 0 radical (unpaired) electrons. The van der Waals surface area contributed by atoms with Crippen molar-refractivity contribution in [2.45, 2.75) is 85.0 Å². The second-order valence-corrected chi connectivity index (χ2v) is 12.0. The number of hydrogen-bond acceptors (Lipinski definition) is 6. The van der Waals surface area contributed by atoms with Crippen molar-refractivity contribution in [2.75, 3.05) is 6.61 Å². The molecule has 3 aromatic carbocycles. The number of para-hydroxylation sites is 1. The molecule has 0 unspecified atom stereocenters. The van der Waals surface area contributed by atoms with Gasteiger partial charge in [-0.3, -0.25) is 9.59 Å². The molecule has 1 N–H and O–H groups in total. The largest absolute Gasteiger partial charge is 0.489 e. The number of aliphatic hydroxyl groups is 1. The van der Waals surface area contributed by atoms with E-state index in [1.807, 2.05) is 90.1 Å². The fourth-order valence-corrected chi connectivity index (χ4v) is 4.32. The summed E-state index contributed by atoms with van der Waals surface area (Å²) < 4.78 is 17.1. The first kappa shape index (κ1) is 30.9. The molecule has 0 heterocycles. The van der Waals surface area contributed by atoms with E-state index in [0.29, 0.717) is 31.6 Å². The Bertz CT molecular complexity index is 1300. The molecule has 3 rings (SSSR count). The standard InChI is InChI=1S/C34H42O6/c1-33(2,3)39-31(36)15-14-24-10-9-12-27(19-24)29-20-25(16-17-35)18-26(21-29)23-38-30-13-8-7-11-28(30)22-32(37)40-34(4,5)6/h7-13,18-21,35H,14-17,22-23H2,1-6H3. The molecule has 40 heavy (non-hydrogen) atoms. The Morgan fingerprint density at radius 1 is 0.700 bits per heavy atom. The van der Waals surface area contributed by atoms with E-state index in [1.165, 1.54) is 0 Å². The highest BCUT2D eigenvalue weighted by Crippen LogP contribution is 2.27. The third-order valence-electron chi connectivity index (χ3n) is 5.87. The predicted molar refractivity (Wildman–Crippen MR) is 157 cm³/mol. The monoisotopic (exact) mass is 546 g/mol. The Hall–Kier alpha value is -3.64. The van der Waals surface area contributed by atoms with Crippen molar-refractivity contribution in [3.05, 3.63) is 89.0 Å². The number of rotatable bonds is 11. The van der Waals surface area contributed by atoms with Gasteiger partial charge in [0.2, 0.25) is 0 Å². The highest BCUT2D eigenvalue weighted by molar-refractivity contribution is 5.74. The van der Waals surface area contributed by atoms with Crippen LogP contribution in [0.4, 0.5) is 0 Å². The van der Waals surface area contributed by atoms with Gasteiger partial charge < -0.3 is 19.3 Å². The molecule has 0 amide bonds. The maximum atomic E-state index is 12.4. The Kier molecular flexibility index (Phi) is 10.5. The van der Waals surface area contributed by atoms with Gasteiger partial charge in [-0.05, 0) is 94.3 Å². The van der Waals surface area contributed by atoms with Gasteiger partial charge in [0, 0.05) is 18.6 Å². The van der Waals surface area contributed by atoms with E-state index in [2.05, 4.69) is 18.2 Å². The number of aryl methyl sites for hydroxylation is 1. The molecule has 0 aliphatic carbocycles. The SMILES string of the molecule is CC(C)(C)OC(=O)CCc1cccc(-c2cc(CCO)cc(COc3ccccc3CC(=O)OC(C)(C)C)c2)c1. The van der Waals surface area contributed by atoms with Gasteiger partial charge in [0.25, 0.3) is 0 Å². The zero-order chi connectivity index (χ0) is 29.3. The Labute approximate surface area is 238 Å². The summed E-state index contributed by atoms with van der Waals surface area (Å²) in [7, 11) is 0. The third-order valence-corrected chi connectivity index (χ3v) is 5.87. The van der Waals surface area contributed by atoms with Crippen molar-refractivity contribution >= 4 is 11.9 Å². The van der Waals surface area contributed by atoms with Crippen molar-refractivity contribution in [2.24, 2.45) is 0 Å². The van der Waals surface area contributed by atoms with E-state index in [0.717, 1.165) is 33.4 Å². The second-order valence-electron chi connectivity index (χ2n) is 12.0. The van der Waals surface area contributed by atoms with E-state index in [-0.39, 0.29) is 25.0 Å². The molecule has 0 aliphatic heterocycles. The maximum absolute atomic E-state index is 12.4. The van der Waals surface area contributed by atoms with Crippen molar-refractivity contribution in [1.82, 2.24) is 0 Å². The smallest absolute Gasteiger partial charge is 0.310 e. The highest BCUT2D eigenvalue weighted by atomic mass is 16.6. The summed E-state index contributed by atoms with van der Waals surface area (Å²) in [5.74, 6) is 0.114. The van der Waals surface area contributed by atoms with E-state index < -0.39 is 11.2 Å². The van der Waals surface area contributed by atoms with Crippen molar-refractivity contribution in [3.63, 3.8) is 0 Å². The Morgan fingerprint density at radius 3 is 2.05 bits per heavy atom. The summed E-state index contributed by atoms with van der Waals surface area (Å²) >= 11 is 0. The van der Waals surface area contributed by atoms with E-state index in [4.69, 9.17) is 14.2 Å². The first-order valence-electron chi connectivity index (χ1n) is 13.8. The lowest BCUT2D eigenvalue weighted by Gasteiger charge is -2.20. The first-order valence-corrected chi connectivity index (χ1v) is 13.8. The molecule has 0 bridgehead atoms. The van der Waals surface area contributed by atoms with Gasteiger partial charge in [-0.25, -0.2) is 0 Å².